The Morgan fingerprint density at radius 1 is 1.25 bits per heavy atom. The van der Waals surface area contributed by atoms with Gasteiger partial charge in [0, 0.05) is 24.2 Å². The van der Waals surface area contributed by atoms with Crippen LogP contribution in [-0.2, 0) is 6.54 Å². The summed E-state index contributed by atoms with van der Waals surface area (Å²) in [6, 6.07) is 1.55. The average molecular weight is 229 g/mol. The van der Waals surface area contributed by atoms with Crippen LogP contribution in [0.3, 0.4) is 0 Å². The van der Waals surface area contributed by atoms with Crippen LogP contribution in [0.4, 0.5) is 13.2 Å². The molecular formula is C12H14F3N. The van der Waals surface area contributed by atoms with E-state index in [1.807, 2.05) is 6.92 Å². The minimum atomic E-state index is -1.17. The van der Waals surface area contributed by atoms with E-state index < -0.39 is 17.5 Å². The van der Waals surface area contributed by atoms with E-state index in [1.165, 1.54) is 0 Å². The lowest BCUT2D eigenvalue weighted by Crippen LogP contribution is -2.25. The summed E-state index contributed by atoms with van der Waals surface area (Å²) in [5.41, 5.74) is 0.120. The number of hydrogen-bond acceptors (Lipinski definition) is 1. The normalized spacial score (nSPS) is 12.5. The van der Waals surface area contributed by atoms with Crippen LogP contribution in [-0.4, -0.2) is 6.04 Å². The van der Waals surface area contributed by atoms with Gasteiger partial charge in [0.25, 0.3) is 0 Å². The molecule has 4 heteroatoms. The predicted molar refractivity (Wildman–Crippen MR) is 57.4 cm³/mol. The van der Waals surface area contributed by atoms with E-state index in [4.69, 9.17) is 0 Å². The van der Waals surface area contributed by atoms with E-state index >= 15 is 0 Å². The molecule has 0 fully saturated rings. The SMILES string of the molecule is C=CCC(C)NCc1cc(F)c(F)cc1F. The number of rotatable bonds is 5. The molecule has 0 aliphatic rings. The standard InChI is InChI=1S/C12H14F3N/c1-3-4-8(2)16-7-9-5-11(14)12(15)6-10(9)13/h3,5-6,8,16H,1,4,7H2,2H3. The van der Waals surface area contributed by atoms with Crippen LogP contribution in [0.1, 0.15) is 18.9 Å². The van der Waals surface area contributed by atoms with E-state index in [9.17, 15) is 13.2 Å². The van der Waals surface area contributed by atoms with Crippen LogP contribution >= 0.6 is 0 Å². The molecule has 1 aromatic carbocycles. The Labute approximate surface area is 93.0 Å². The third-order valence-corrected chi connectivity index (χ3v) is 2.25. The fourth-order valence-corrected chi connectivity index (χ4v) is 1.32. The number of hydrogen-bond donors (Lipinski definition) is 1. The second kappa shape index (κ2) is 5.70. The van der Waals surface area contributed by atoms with Crippen molar-refractivity contribution in [1.82, 2.24) is 5.32 Å². The van der Waals surface area contributed by atoms with Crippen molar-refractivity contribution >= 4 is 0 Å². The van der Waals surface area contributed by atoms with Crippen LogP contribution < -0.4 is 5.32 Å². The van der Waals surface area contributed by atoms with Crippen molar-refractivity contribution < 1.29 is 13.2 Å². The zero-order valence-corrected chi connectivity index (χ0v) is 9.06. The highest BCUT2D eigenvalue weighted by molar-refractivity contribution is 5.20. The van der Waals surface area contributed by atoms with Gasteiger partial charge in [-0.25, -0.2) is 13.2 Å². The molecule has 16 heavy (non-hydrogen) atoms. The molecule has 0 aliphatic heterocycles. The summed E-state index contributed by atoms with van der Waals surface area (Å²) in [7, 11) is 0. The largest absolute Gasteiger partial charge is 0.310 e. The van der Waals surface area contributed by atoms with Crippen molar-refractivity contribution in [2.24, 2.45) is 0 Å². The lowest BCUT2D eigenvalue weighted by Gasteiger charge is -2.12. The van der Waals surface area contributed by atoms with E-state index in [-0.39, 0.29) is 18.2 Å². The van der Waals surface area contributed by atoms with Gasteiger partial charge in [-0.3, -0.25) is 0 Å². The van der Waals surface area contributed by atoms with Gasteiger partial charge in [0.15, 0.2) is 11.6 Å². The molecule has 0 saturated heterocycles. The molecule has 1 nitrogen and oxygen atoms in total. The minimum absolute atomic E-state index is 0.116. The molecule has 0 aliphatic carbocycles. The predicted octanol–water partition coefficient (Wildman–Crippen LogP) is 3.16. The average Bonchev–Trinajstić information content (AvgIpc) is 2.22. The molecule has 0 radical (unpaired) electrons. The quantitative estimate of drug-likeness (QED) is 0.604. The van der Waals surface area contributed by atoms with Crippen molar-refractivity contribution in [2.75, 3.05) is 0 Å². The molecule has 0 heterocycles. The first-order chi connectivity index (χ1) is 7.54. The molecule has 1 rings (SSSR count). The zero-order chi connectivity index (χ0) is 12.1. The summed E-state index contributed by atoms with van der Waals surface area (Å²) in [4.78, 5) is 0. The van der Waals surface area contributed by atoms with Crippen LogP contribution in [0.5, 0.6) is 0 Å². The number of benzene rings is 1. The zero-order valence-electron chi connectivity index (χ0n) is 9.06. The topological polar surface area (TPSA) is 12.0 Å². The van der Waals surface area contributed by atoms with Crippen LogP contribution in [0, 0.1) is 17.5 Å². The second-order valence-electron chi connectivity index (χ2n) is 3.66. The van der Waals surface area contributed by atoms with Gasteiger partial charge in [0.1, 0.15) is 5.82 Å². The van der Waals surface area contributed by atoms with Crippen LogP contribution in [0.25, 0.3) is 0 Å². The first kappa shape index (κ1) is 12.8. The Hall–Kier alpha value is -1.29. The molecule has 0 aromatic heterocycles. The Morgan fingerprint density at radius 2 is 1.88 bits per heavy atom. The van der Waals surface area contributed by atoms with Crippen molar-refractivity contribution in [1.29, 1.82) is 0 Å². The summed E-state index contributed by atoms with van der Waals surface area (Å²) in [6.07, 6.45) is 2.46. The molecule has 0 amide bonds. The smallest absolute Gasteiger partial charge is 0.161 e. The summed E-state index contributed by atoms with van der Waals surface area (Å²) in [6.45, 7) is 5.64. The molecule has 0 bridgehead atoms. The van der Waals surface area contributed by atoms with Gasteiger partial charge >= 0.3 is 0 Å². The first-order valence-electron chi connectivity index (χ1n) is 5.02. The fraction of sp³-hybridized carbons (Fsp3) is 0.333. The Kier molecular flexibility index (Phi) is 4.55. The lowest BCUT2D eigenvalue weighted by molar-refractivity contribution is 0.480. The number of halogens is 3. The second-order valence-corrected chi connectivity index (χ2v) is 3.66. The first-order valence-corrected chi connectivity index (χ1v) is 5.02. The molecule has 1 unspecified atom stereocenters. The monoisotopic (exact) mass is 229 g/mol. The van der Waals surface area contributed by atoms with Crippen molar-refractivity contribution in [2.45, 2.75) is 25.9 Å². The van der Waals surface area contributed by atoms with Gasteiger partial charge in [-0.15, -0.1) is 6.58 Å². The van der Waals surface area contributed by atoms with Crippen LogP contribution in [0.15, 0.2) is 24.8 Å². The Bertz CT molecular complexity index is 377. The van der Waals surface area contributed by atoms with Gasteiger partial charge < -0.3 is 5.32 Å². The van der Waals surface area contributed by atoms with E-state index in [2.05, 4.69) is 11.9 Å². The summed E-state index contributed by atoms with van der Waals surface area (Å²) < 4.78 is 38.7. The summed E-state index contributed by atoms with van der Waals surface area (Å²) in [5, 5.41) is 2.99. The van der Waals surface area contributed by atoms with Crippen molar-refractivity contribution in [3.05, 3.63) is 47.8 Å². The van der Waals surface area contributed by atoms with Gasteiger partial charge in [0.05, 0.1) is 0 Å². The van der Waals surface area contributed by atoms with Gasteiger partial charge in [0.2, 0.25) is 0 Å². The summed E-state index contributed by atoms with van der Waals surface area (Å²) >= 11 is 0. The maximum atomic E-state index is 13.2. The third-order valence-electron chi connectivity index (χ3n) is 2.25. The fourth-order valence-electron chi connectivity index (χ4n) is 1.32. The molecule has 1 atom stereocenters. The maximum Gasteiger partial charge on any atom is 0.161 e. The Balaban J connectivity index is 2.67. The molecule has 1 aromatic rings. The molecule has 88 valence electrons. The Morgan fingerprint density at radius 3 is 2.50 bits per heavy atom. The van der Waals surface area contributed by atoms with Crippen molar-refractivity contribution in [3.63, 3.8) is 0 Å². The highest BCUT2D eigenvalue weighted by atomic mass is 19.2. The third kappa shape index (κ3) is 3.38. The highest BCUT2D eigenvalue weighted by Crippen LogP contribution is 2.13. The van der Waals surface area contributed by atoms with Gasteiger partial charge in [-0.2, -0.15) is 0 Å². The highest BCUT2D eigenvalue weighted by Gasteiger charge is 2.10. The van der Waals surface area contributed by atoms with E-state index in [0.717, 1.165) is 12.5 Å². The maximum absolute atomic E-state index is 13.2. The molecule has 1 N–H and O–H groups in total. The van der Waals surface area contributed by atoms with Gasteiger partial charge in [-0.05, 0) is 19.4 Å². The molecule has 0 spiro atoms. The molecule has 0 saturated carbocycles. The van der Waals surface area contributed by atoms with Crippen molar-refractivity contribution in [3.8, 4) is 0 Å². The lowest BCUT2D eigenvalue weighted by atomic mass is 10.1. The minimum Gasteiger partial charge on any atom is -0.310 e. The van der Waals surface area contributed by atoms with E-state index in [1.54, 1.807) is 6.08 Å². The van der Waals surface area contributed by atoms with Gasteiger partial charge in [-0.1, -0.05) is 6.08 Å². The number of nitrogens with one attached hydrogen (secondary N) is 1. The summed E-state index contributed by atoms with van der Waals surface area (Å²) in [5.74, 6) is -2.94. The van der Waals surface area contributed by atoms with E-state index in [0.29, 0.717) is 6.07 Å². The van der Waals surface area contributed by atoms with Crippen LogP contribution in [0.2, 0.25) is 0 Å². The molecular weight excluding hydrogens is 215 g/mol.